The van der Waals surface area contributed by atoms with Crippen molar-refractivity contribution in [1.29, 1.82) is 0 Å². The van der Waals surface area contributed by atoms with Crippen LogP contribution in [0.4, 0.5) is 11.4 Å². The van der Waals surface area contributed by atoms with Crippen molar-refractivity contribution in [3.05, 3.63) is 18.2 Å². The molecule has 1 amide bonds. The van der Waals surface area contributed by atoms with E-state index in [1.807, 2.05) is 18.2 Å². The molecule has 0 saturated heterocycles. The summed E-state index contributed by atoms with van der Waals surface area (Å²) in [5.74, 6) is 0.758. The molecule has 1 aromatic rings. The van der Waals surface area contributed by atoms with Gasteiger partial charge in [0.15, 0.2) is 0 Å². The molecule has 0 heterocycles. The first-order chi connectivity index (χ1) is 9.19. The molecular formula is C15H22N2O2. The Labute approximate surface area is 114 Å². The molecule has 0 atom stereocenters. The standard InChI is InChI=1S/C15H22N2O2/c1-11(18)16-13-8-9-15(19-2)14(10-13)17-12-6-4-3-5-7-12/h8-10,12,17H,3-7H2,1-2H3,(H,16,18). The van der Waals surface area contributed by atoms with Crippen LogP contribution < -0.4 is 15.4 Å². The SMILES string of the molecule is COc1ccc(NC(C)=O)cc1NC1CCCCC1. The van der Waals surface area contributed by atoms with Crippen molar-refractivity contribution in [3.8, 4) is 5.75 Å². The summed E-state index contributed by atoms with van der Waals surface area (Å²) in [6.45, 7) is 1.51. The van der Waals surface area contributed by atoms with E-state index in [0.717, 1.165) is 17.1 Å². The molecule has 0 unspecified atom stereocenters. The second-order valence-corrected chi connectivity index (χ2v) is 5.08. The van der Waals surface area contributed by atoms with Gasteiger partial charge in [-0.25, -0.2) is 0 Å². The third-order valence-corrected chi connectivity index (χ3v) is 3.48. The number of amides is 1. The summed E-state index contributed by atoms with van der Waals surface area (Å²) in [5, 5.41) is 6.34. The lowest BCUT2D eigenvalue weighted by molar-refractivity contribution is -0.114. The first kappa shape index (κ1) is 13.7. The molecular weight excluding hydrogens is 240 g/mol. The highest BCUT2D eigenvalue weighted by Crippen LogP contribution is 2.31. The van der Waals surface area contributed by atoms with E-state index in [0.29, 0.717) is 6.04 Å². The van der Waals surface area contributed by atoms with Gasteiger partial charge in [-0.15, -0.1) is 0 Å². The third kappa shape index (κ3) is 3.88. The van der Waals surface area contributed by atoms with E-state index in [1.165, 1.54) is 39.0 Å². The third-order valence-electron chi connectivity index (χ3n) is 3.48. The summed E-state index contributed by atoms with van der Waals surface area (Å²) in [7, 11) is 1.67. The highest BCUT2D eigenvalue weighted by Gasteiger charge is 2.15. The van der Waals surface area contributed by atoms with Gasteiger partial charge < -0.3 is 15.4 Å². The average Bonchev–Trinajstić information content (AvgIpc) is 2.39. The molecule has 1 saturated carbocycles. The van der Waals surface area contributed by atoms with Gasteiger partial charge in [-0.2, -0.15) is 0 Å². The molecule has 2 N–H and O–H groups in total. The Kier molecular flexibility index (Phi) is 4.66. The van der Waals surface area contributed by atoms with Crippen molar-refractivity contribution in [3.63, 3.8) is 0 Å². The van der Waals surface area contributed by atoms with Gasteiger partial charge in [-0.3, -0.25) is 4.79 Å². The highest BCUT2D eigenvalue weighted by molar-refractivity contribution is 5.89. The number of nitrogens with one attached hydrogen (secondary N) is 2. The van der Waals surface area contributed by atoms with Gasteiger partial charge in [0.05, 0.1) is 12.8 Å². The Balaban J connectivity index is 2.12. The van der Waals surface area contributed by atoms with Crippen LogP contribution in [0.25, 0.3) is 0 Å². The van der Waals surface area contributed by atoms with E-state index in [2.05, 4.69) is 10.6 Å². The van der Waals surface area contributed by atoms with Gasteiger partial charge in [0.2, 0.25) is 5.91 Å². The fourth-order valence-corrected chi connectivity index (χ4v) is 2.57. The minimum absolute atomic E-state index is 0.0613. The molecule has 2 rings (SSSR count). The van der Waals surface area contributed by atoms with Crippen molar-refractivity contribution in [2.75, 3.05) is 17.7 Å². The summed E-state index contributed by atoms with van der Waals surface area (Å²) < 4.78 is 5.37. The molecule has 1 fully saturated rings. The molecule has 4 nitrogen and oxygen atoms in total. The minimum Gasteiger partial charge on any atom is -0.495 e. The second-order valence-electron chi connectivity index (χ2n) is 5.08. The number of methoxy groups -OCH3 is 1. The maximum atomic E-state index is 11.1. The first-order valence-electron chi connectivity index (χ1n) is 6.91. The molecule has 0 radical (unpaired) electrons. The number of anilines is 2. The molecule has 104 valence electrons. The van der Waals surface area contributed by atoms with Gasteiger partial charge in [-0.1, -0.05) is 19.3 Å². The lowest BCUT2D eigenvalue weighted by Crippen LogP contribution is -2.22. The Morgan fingerprint density at radius 2 is 2.00 bits per heavy atom. The van der Waals surface area contributed by atoms with Crippen LogP contribution in [0.2, 0.25) is 0 Å². The van der Waals surface area contributed by atoms with E-state index < -0.39 is 0 Å². The fourth-order valence-electron chi connectivity index (χ4n) is 2.57. The molecule has 19 heavy (non-hydrogen) atoms. The summed E-state index contributed by atoms with van der Waals surface area (Å²) in [6.07, 6.45) is 6.30. The van der Waals surface area contributed by atoms with E-state index in [-0.39, 0.29) is 5.91 Å². The van der Waals surface area contributed by atoms with Gasteiger partial charge in [0.1, 0.15) is 5.75 Å². The Bertz CT molecular complexity index is 440. The number of hydrogen-bond donors (Lipinski definition) is 2. The zero-order valence-electron chi connectivity index (χ0n) is 11.7. The molecule has 0 spiro atoms. The summed E-state index contributed by atoms with van der Waals surface area (Å²) in [4.78, 5) is 11.1. The van der Waals surface area contributed by atoms with Crippen molar-refractivity contribution in [2.24, 2.45) is 0 Å². The fraction of sp³-hybridized carbons (Fsp3) is 0.533. The number of hydrogen-bond acceptors (Lipinski definition) is 3. The van der Waals surface area contributed by atoms with Crippen LogP contribution in [0.5, 0.6) is 5.75 Å². The molecule has 1 aromatic carbocycles. The largest absolute Gasteiger partial charge is 0.495 e. The number of carbonyl (C=O) groups is 1. The smallest absolute Gasteiger partial charge is 0.221 e. The zero-order chi connectivity index (χ0) is 13.7. The average molecular weight is 262 g/mol. The predicted octanol–water partition coefficient (Wildman–Crippen LogP) is 3.40. The maximum Gasteiger partial charge on any atom is 0.221 e. The van der Waals surface area contributed by atoms with E-state index in [1.54, 1.807) is 7.11 Å². The Hall–Kier alpha value is -1.71. The first-order valence-corrected chi connectivity index (χ1v) is 6.91. The van der Waals surface area contributed by atoms with Gasteiger partial charge >= 0.3 is 0 Å². The van der Waals surface area contributed by atoms with Crippen molar-refractivity contribution < 1.29 is 9.53 Å². The Morgan fingerprint density at radius 1 is 1.26 bits per heavy atom. The minimum atomic E-state index is -0.0613. The highest BCUT2D eigenvalue weighted by atomic mass is 16.5. The summed E-state index contributed by atoms with van der Waals surface area (Å²) in [5.41, 5.74) is 1.76. The zero-order valence-corrected chi connectivity index (χ0v) is 11.7. The molecule has 0 aromatic heterocycles. The number of rotatable bonds is 4. The van der Waals surface area contributed by atoms with Crippen molar-refractivity contribution >= 4 is 17.3 Å². The molecule has 1 aliphatic rings. The van der Waals surface area contributed by atoms with Crippen LogP contribution in [-0.4, -0.2) is 19.1 Å². The van der Waals surface area contributed by atoms with Crippen LogP contribution in [0.15, 0.2) is 18.2 Å². The molecule has 1 aliphatic carbocycles. The van der Waals surface area contributed by atoms with Crippen LogP contribution >= 0.6 is 0 Å². The lowest BCUT2D eigenvalue weighted by atomic mass is 9.95. The topological polar surface area (TPSA) is 50.4 Å². The van der Waals surface area contributed by atoms with E-state index in [4.69, 9.17) is 4.74 Å². The van der Waals surface area contributed by atoms with Crippen molar-refractivity contribution in [2.45, 2.75) is 45.1 Å². The van der Waals surface area contributed by atoms with Gasteiger partial charge in [0.25, 0.3) is 0 Å². The predicted molar refractivity (Wildman–Crippen MR) is 77.8 cm³/mol. The quantitative estimate of drug-likeness (QED) is 0.874. The Morgan fingerprint density at radius 3 is 2.63 bits per heavy atom. The number of ether oxygens (including phenoxy) is 1. The maximum absolute atomic E-state index is 11.1. The van der Waals surface area contributed by atoms with Crippen molar-refractivity contribution in [1.82, 2.24) is 0 Å². The van der Waals surface area contributed by atoms with Crippen LogP contribution in [-0.2, 0) is 4.79 Å². The summed E-state index contributed by atoms with van der Waals surface area (Å²) in [6, 6.07) is 6.19. The van der Waals surface area contributed by atoms with E-state index >= 15 is 0 Å². The molecule has 4 heteroatoms. The normalized spacial score (nSPS) is 15.9. The number of benzene rings is 1. The van der Waals surface area contributed by atoms with Crippen LogP contribution in [0.3, 0.4) is 0 Å². The molecule has 0 aliphatic heterocycles. The van der Waals surface area contributed by atoms with E-state index in [9.17, 15) is 4.79 Å². The second kappa shape index (κ2) is 6.45. The monoisotopic (exact) mass is 262 g/mol. The lowest BCUT2D eigenvalue weighted by Gasteiger charge is -2.25. The number of carbonyl (C=O) groups excluding carboxylic acids is 1. The van der Waals surface area contributed by atoms with Crippen LogP contribution in [0.1, 0.15) is 39.0 Å². The molecule has 0 bridgehead atoms. The van der Waals surface area contributed by atoms with Gasteiger partial charge in [0, 0.05) is 18.7 Å². The van der Waals surface area contributed by atoms with Crippen LogP contribution in [0, 0.1) is 0 Å². The summed E-state index contributed by atoms with van der Waals surface area (Å²) >= 11 is 0. The van der Waals surface area contributed by atoms with Gasteiger partial charge in [-0.05, 0) is 31.0 Å².